The van der Waals surface area contributed by atoms with Crippen molar-refractivity contribution in [3.8, 4) is 11.1 Å². The molecule has 3 nitrogen and oxygen atoms in total. The van der Waals surface area contributed by atoms with Crippen LogP contribution in [0.15, 0.2) is 41.8 Å². The van der Waals surface area contributed by atoms with E-state index in [-0.39, 0.29) is 11.3 Å². The maximum Gasteiger partial charge on any atom is 0.251 e. The van der Waals surface area contributed by atoms with E-state index in [1.54, 1.807) is 11.3 Å². The number of primary amides is 1. The Hall–Kier alpha value is -2.33. The summed E-state index contributed by atoms with van der Waals surface area (Å²) in [5, 5.41) is 2.10. The summed E-state index contributed by atoms with van der Waals surface area (Å²) < 4.78 is 2.23. The minimum Gasteiger partial charge on any atom is -0.366 e. The zero-order chi connectivity index (χ0) is 19.8. The highest BCUT2D eigenvalue weighted by molar-refractivity contribution is 7.09. The highest BCUT2D eigenvalue weighted by Gasteiger charge is 2.23. The van der Waals surface area contributed by atoms with Gasteiger partial charge in [0.2, 0.25) is 0 Å². The van der Waals surface area contributed by atoms with E-state index < -0.39 is 0 Å². The minimum atomic E-state index is -0.361. The Bertz CT molecular complexity index is 942. The first-order valence-corrected chi connectivity index (χ1v) is 10.2. The van der Waals surface area contributed by atoms with E-state index >= 15 is 0 Å². The first kappa shape index (κ1) is 19.4. The maximum atomic E-state index is 12.3. The number of thiophene rings is 1. The number of carbonyl (C=O) groups is 1. The number of aryl methyl sites for hydroxylation is 1. The molecule has 0 aliphatic rings. The summed E-state index contributed by atoms with van der Waals surface area (Å²) >= 11 is 1.77. The lowest BCUT2D eigenvalue weighted by Gasteiger charge is -2.19. The standard InChI is InChI=1S/C23H28N2OS/c1-15-20(17-8-10-18(11-9-17)23(3,4)5)21(22(24)26)16(2)25(15)13-12-19-7-6-14-27-19/h6-11,14H,12-13H2,1-5H3,(H2,24,26). The fourth-order valence-electron chi connectivity index (χ4n) is 3.69. The van der Waals surface area contributed by atoms with Crippen molar-refractivity contribution >= 4 is 17.2 Å². The van der Waals surface area contributed by atoms with Gasteiger partial charge in [-0.1, -0.05) is 51.1 Å². The van der Waals surface area contributed by atoms with Gasteiger partial charge in [0.25, 0.3) is 5.91 Å². The Kier molecular flexibility index (Phi) is 5.29. The van der Waals surface area contributed by atoms with Gasteiger partial charge in [-0.3, -0.25) is 4.79 Å². The average molecular weight is 381 g/mol. The van der Waals surface area contributed by atoms with Gasteiger partial charge in [-0.2, -0.15) is 0 Å². The fourth-order valence-corrected chi connectivity index (χ4v) is 4.39. The number of rotatable bonds is 5. The van der Waals surface area contributed by atoms with Gasteiger partial charge in [0, 0.05) is 28.4 Å². The number of carbonyl (C=O) groups excluding carboxylic acids is 1. The lowest BCUT2D eigenvalue weighted by atomic mass is 9.86. The number of nitrogens with zero attached hydrogens (tertiary/aromatic N) is 1. The van der Waals surface area contributed by atoms with Crippen LogP contribution in [0, 0.1) is 13.8 Å². The molecule has 0 saturated carbocycles. The lowest BCUT2D eigenvalue weighted by Crippen LogP contribution is -2.14. The molecule has 142 valence electrons. The largest absolute Gasteiger partial charge is 0.366 e. The van der Waals surface area contributed by atoms with Crippen LogP contribution in [-0.2, 0) is 18.4 Å². The van der Waals surface area contributed by atoms with E-state index in [2.05, 4.69) is 74.0 Å². The molecular weight excluding hydrogens is 352 g/mol. The van der Waals surface area contributed by atoms with Crippen molar-refractivity contribution in [2.45, 2.75) is 53.0 Å². The van der Waals surface area contributed by atoms with Crippen molar-refractivity contribution in [3.05, 3.63) is 69.2 Å². The fraction of sp³-hybridized carbons (Fsp3) is 0.348. The number of aromatic nitrogens is 1. The zero-order valence-corrected chi connectivity index (χ0v) is 17.6. The topological polar surface area (TPSA) is 48.0 Å². The molecule has 0 bridgehead atoms. The van der Waals surface area contributed by atoms with Crippen molar-refractivity contribution in [3.63, 3.8) is 0 Å². The highest BCUT2D eigenvalue weighted by Crippen LogP contribution is 2.34. The second-order valence-electron chi connectivity index (χ2n) is 8.09. The van der Waals surface area contributed by atoms with Crippen LogP contribution >= 0.6 is 11.3 Å². The van der Waals surface area contributed by atoms with E-state index in [4.69, 9.17) is 5.73 Å². The van der Waals surface area contributed by atoms with Crippen molar-refractivity contribution in [2.24, 2.45) is 5.73 Å². The number of benzene rings is 1. The maximum absolute atomic E-state index is 12.3. The molecule has 3 rings (SSSR count). The average Bonchev–Trinajstić information content (AvgIpc) is 3.19. The van der Waals surface area contributed by atoms with Gasteiger partial charge in [0.05, 0.1) is 5.56 Å². The number of nitrogens with two attached hydrogens (primary N) is 1. The molecule has 0 radical (unpaired) electrons. The number of hydrogen-bond acceptors (Lipinski definition) is 2. The molecule has 4 heteroatoms. The van der Waals surface area contributed by atoms with Gasteiger partial charge in [-0.05, 0) is 48.3 Å². The molecule has 0 saturated heterocycles. The molecule has 1 amide bonds. The van der Waals surface area contributed by atoms with Crippen LogP contribution in [0.5, 0.6) is 0 Å². The summed E-state index contributed by atoms with van der Waals surface area (Å²) in [7, 11) is 0. The third-order valence-corrected chi connectivity index (χ3v) is 6.17. The molecule has 0 aliphatic carbocycles. The zero-order valence-electron chi connectivity index (χ0n) is 16.8. The van der Waals surface area contributed by atoms with Crippen LogP contribution < -0.4 is 5.73 Å². The first-order valence-electron chi connectivity index (χ1n) is 9.33. The molecule has 0 aliphatic heterocycles. The molecule has 27 heavy (non-hydrogen) atoms. The summed E-state index contributed by atoms with van der Waals surface area (Å²) in [6, 6.07) is 12.7. The summed E-state index contributed by atoms with van der Waals surface area (Å²) in [6.07, 6.45) is 0.953. The monoisotopic (exact) mass is 380 g/mol. The third-order valence-electron chi connectivity index (χ3n) is 5.23. The van der Waals surface area contributed by atoms with Crippen LogP contribution in [0.3, 0.4) is 0 Å². The third kappa shape index (κ3) is 3.86. The minimum absolute atomic E-state index is 0.0998. The Labute approximate surface area is 165 Å². The van der Waals surface area contributed by atoms with Gasteiger partial charge in [0.15, 0.2) is 0 Å². The van der Waals surface area contributed by atoms with Crippen LogP contribution in [0.25, 0.3) is 11.1 Å². The summed E-state index contributed by atoms with van der Waals surface area (Å²) in [4.78, 5) is 13.6. The van der Waals surface area contributed by atoms with Gasteiger partial charge >= 0.3 is 0 Å². The highest BCUT2D eigenvalue weighted by atomic mass is 32.1. The SMILES string of the molecule is Cc1c(C(N)=O)c(-c2ccc(C(C)(C)C)cc2)c(C)n1CCc1cccs1. The Balaban J connectivity index is 2.03. The van der Waals surface area contributed by atoms with Gasteiger partial charge in [-0.25, -0.2) is 0 Å². The Morgan fingerprint density at radius 1 is 1.07 bits per heavy atom. The summed E-state index contributed by atoms with van der Waals surface area (Å²) in [5.41, 5.74) is 11.9. The van der Waals surface area contributed by atoms with E-state index in [1.807, 2.05) is 6.92 Å². The predicted octanol–water partition coefficient (Wildman–Crippen LogP) is 5.47. The molecule has 2 N–H and O–H groups in total. The Morgan fingerprint density at radius 3 is 2.26 bits per heavy atom. The second-order valence-corrected chi connectivity index (χ2v) is 9.13. The molecule has 2 aromatic heterocycles. The van der Waals surface area contributed by atoms with Crippen molar-refractivity contribution in [2.75, 3.05) is 0 Å². The summed E-state index contributed by atoms with van der Waals surface area (Å²) in [5.74, 6) is -0.361. The first-order chi connectivity index (χ1) is 12.7. The quantitative estimate of drug-likeness (QED) is 0.626. The van der Waals surface area contributed by atoms with Crippen LogP contribution in [0.1, 0.15) is 53.0 Å². The predicted molar refractivity (Wildman–Crippen MR) is 115 cm³/mol. The van der Waals surface area contributed by atoms with E-state index in [1.165, 1.54) is 10.4 Å². The Morgan fingerprint density at radius 2 is 1.74 bits per heavy atom. The molecule has 0 fully saturated rings. The van der Waals surface area contributed by atoms with Crippen LogP contribution in [-0.4, -0.2) is 10.5 Å². The van der Waals surface area contributed by atoms with Gasteiger partial charge in [0.1, 0.15) is 0 Å². The molecule has 1 aromatic carbocycles. The number of amides is 1. The van der Waals surface area contributed by atoms with Crippen molar-refractivity contribution in [1.82, 2.24) is 4.57 Å². The van der Waals surface area contributed by atoms with Crippen molar-refractivity contribution < 1.29 is 4.79 Å². The van der Waals surface area contributed by atoms with E-state index in [9.17, 15) is 4.79 Å². The molecular formula is C23H28N2OS. The molecule has 2 heterocycles. The normalized spacial score (nSPS) is 11.7. The van der Waals surface area contributed by atoms with Gasteiger partial charge < -0.3 is 10.3 Å². The van der Waals surface area contributed by atoms with E-state index in [0.717, 1.165) is 35.5 Å². The molecule has 0 spiro atoms. The van der Waals surface area contributed by atoms with Gasteiger partial charge in [-0.15, -0.1) is 11.3 Å². The second kappa shape index (κ2) is 7.35. The molecule has 0 atom stereocenters. The molecule has 0 unspecified atom stereocenters. The molecule has 3 aromatic rings. The van der Waals surface area contributed by atoms with E-state index in [0.29, 0.717) is 5.56 Å². The summed E-state index contributed by atoms with van der Waals surface area (Å²) in [6.45, 7) is 11.5. The smallest absolute Gasteiger partial charge is 0.251 e. The van der Waals surface area contributed by atoms with Crippen molar-refractivity contribution in [1.29, 1.82) is 0 Å². The van der Waals surface area contributed by atoms with Crippen LogP contribution in [0.4, 0.5) is 0 Å². The number of hydrogen-bond donors (Lipinski definition) is 1. The van der Waals surface area contributed by atoms with Crippen LogP contribution in [0.2, 0.25) is 0 Å². The lowest BCUT2D eigenvalue weighted by molar-refractivity contribution is 0.1000.